The van der Waals surface area contributed by atoms with Crippen molar-refractivity contribution >= 4 is 17.5 Å². The Morgan fingerprint density at radius 2 is 2.00 bits per heavy atom. The first kappa shape index (κ1) is 16.2. The summed E-state index contributed by atoms with van der Waals surface area (Å²) in [6.45, 7) is 3.14. The van der Waals surface area contributed by atoms with Gasteiger partial charge in [-0.3, -0.25) is 14.6 Å². The number of anilines is 1. The van der Waals surface area contributed by atoms with E-state index in [0.29, 0.717) is 18.7 Å². The lowest BCUT2D eigenvalue weighted by Crippen LogP contribution is -2.43. The number of pyridine rings is 1. The Hall–Kier alpha value is -2.69. The Labute approximate surface area is 141 Å². The third kappa shape index (κ3) is 3.79. The smallest absolute Gasteiger partial charge is 0.253 e. The summed E-state index contributed by atoms with van der Waals surface area (Å²) in [5, 5.41) is 2.96. The zero-order valence-corrected chi connectivity index (χ0v) is 13.7. The Kier molecular flexibility index (Phi) is 4.89. The van der Waals surface area contributed by atoms with Crippen molar-refractivity contribution in [1.82, 2.24) is 9.88 Å². The Morgan fingerprint density at radius 1 is 1.21 bits per heavy atom. The zero-order valence-electron chi connectivity index (χ0n) is 13.7. The summed E-state index contributed by atoms with van der Waals surface area (Å²) in [5.41, 5.74) is 2.52. The molecule has 0 radical (unpaired) electrons. The maximum atomic E-state index is 12.5. The van der Waals surface area contributed by atoms with E-state index in [-0.39, 0.29) is 17.7 Å². The summed E-state index contributed by atoms with van der Waals surface area (Å²) in [6, 6.07) is 11.2. The van der Waals surface area contributed by atoms with Gasteiger partial charge in [0, 0.05) is 36.7 Å². The molecule has 0 aliphatic carbocycles. The van der Waals surface area contributed by atoms with Crippen molar-refractivity contribution in [2.45, 2.75) is 19.8 Å². The Morgan fingerprint density at radius 3 is 2.75 bits per heavy atom. The van der Waals surface area contributed by atoms with Crippen molar-refractivity contribution in [3.8, 4) is 0 Å². The van der Waals surface area contributed by atoms with Crippen LogP contribution in [0.2, 0.25) is 0 Å². The molecule has 1 aliphatic rings. The SMILES string of the molecule is Cc1cccc(NC(=O)C2CCCN(C(=O)c3ccncc3)C2)c1. The number of benzene rings is 1. The third-order valence-corrected chi connectivity index (χ3v) is 4.29. The largest absolute Gasteiger partial charge is 0.338 e. The summed E-state index contributed by atoms with van der Waals surface area (Å²) < 4.78 is 0. The van der Waals surface area contributed by atoms with Crippen LogP contribution in [0.5, 0.6) is 0 Å². The van der Waals surface area contributed by atoms with Gasteiger partial charge in [0.1, 0.15) is 0 Å². The number of rotatable bonds is 3. The number of carbonyl (C=O) groups excluding carboxylic acids is 2. The van der Waals surface area contributed by atoms with Crippen LogP contribution in [-0.4, -0.2) is 34.8 Å². The van der Waals surface area contributed by atoms with Crippen molar-refractivity contribution in [2.24, 2.45) is 5.92 Å². The topological polar surface area (TPSA) is 62.3 Å². The molecular weight excluding hydrogens is 302 g/mol. The van der Waals surface area contributed by atoms with E-state index in [4.69, 9.17) is 0 Å². The lowest BCUT2D eigenvalue weighted by molar-refractivity contribution is -0.121. The molecule has 0 saturated carbocycles. The van der Waals surface area contributed by atoms with Crippen LogP contribution in [0.4, 0.5) is 5.69 Å². The van der Waals surface area contributed by atoms with Gasteiger partial charge in [-0.05, 0) is 49.6 Å². The Balaban J connectivity index is 1.65. The van der Waals surface area contributed by atoms with E-state index in [9.17, 15) is 9.59 Å². The normalized spacial score (nSPS) is 17.4. The fraction of sp³-hybridized carbons (Fsp3) is 0.316. The molecule has 3 rings (SSSR count). The van der Waals surface area contributed by atoms with Crippen LogP contribution in [0.15, 0.2) is 48.8 Å². The molecule has 1 aromatic heterocycles. The van der Waals surface area contributed by atoms with Crippen LogP contribution < -0.4 is 5.32 Å². The molecule has 1 atom stereocenters. The monoisotopic (exact) mass is 323 g/mol. The van der Waals surface area contributed by atoms with Gasteiger partial charge in [-0.25, -0.2) is 0 Å². The predicted molar refractivity (Wildman–Crippen MR) is 92.7 cm³/mol. The molecular formula is C19H21N3O2. The van der Waals surface area contributed by atoms with Crippen molar-refractivity contribution in [3.05, 3.63) is 59.9 Å². The van der Waals surface area contributed by atoms with E-state index in [2.05, 4.69) is 10.3 Å². The number of amides is 2. The fourth-order valence-corrected chi connectivity index (χ4v) is 3.02. The van der Waals surface area contributed by atoms with Gasteiger partial charge in [0.2, 0.25) is 5.91 Å². The molecule has 1 aliphatic heterocycles. The predicted octanol–water partition coefficient (Wildman–Crippen LogP) is 2.88. The second-order valence-corrected chi connectivity index (χ2v) is 6.18. The van der Waals surface area contributed by atoms with E-state index in [1.54, 1.807) is 29.4 Å². The molecule has 1 fully saturated rings. The molecule has 2 aromatic rings. The average Bonchev–Trinajstić information content (AvgIpc) is 2.62. The lowest BCUT2D eigenvalue weighted by Gasteiger charge is -2.32. The zero-order chi connectivity index (χ0) is 16.9. The van der Waals surface area contributed by atoms with Crippen LogP contribution in [0.1, 0.15) is 28.8 Å². The van der Waals surface area contributed by atoms with Gasteiger partial charge in [0.05, 0.1) is 5.92 Å². The molecule has 5 heteroatoms. The lowest BCUT2D eigenvalue weighted by atomic mass is 9.96. The molecule has 24 heavy (non-hydrogen) atoms. The maximum Gasteiger partial charge on any atom is 0.253 e. The third-order valence-electron chi connectivity index (χ3n) is 4.29. The van der Waals surface area contributed by atoms with E-state index >= 15 is 0 Å². The molecule has 1 unspecified atom stereocenters. The first-order valence-corrected chi connectivity index (χ1v) is 8.20. The minimum atomic E-state index is -0.176. The number of likely N-dealkylation sites (tertiary alicyclic amines) is 1. The van der Waals surface area contributed by atoms with E-state index in [1.165, 1.54) is 0 Å². The highest BCUT2D eigenvalue weighted by molar-refractivity contribution is 5.96. The van der Waals surface area contributed by atoms with Crippen LogP contribution in [0.3, 0.4) is 0 Å². The molecule has 0 spiro atoms. The highest BCUT2D eigenvalue weighted by atomic mass is 16.2. The molecule has 1 aromatic carbocycles. The fourth-order valence-electron chi connectivity index (χ4n) is 3.02. The van der Waals surface area contributed by atoms with Crippen molar-refractivity contribution in [3.63, 3.8) is 0 Å². The quantitative estimate of drug-likeness (QED) is 0.945. The van der Waals surface area contributed by atoms with Crippen LogP contribution >= 0.6 is 0 Å². The van der Waals surface area contributed by atoms with Gasteiger partial charge >= 0.3 is 0 Å². The number of aryl methyl sites for hydroxylation is 1. The molecule has 1 N–H and O–H groups in total. The van der Waals surface area contributed by atoms with Crippen LogP contribution in [0, 0.1) is 12.8 Å². The van der Waals surface area contributed by atoms with Crippen molar-refractivity contribution < 1.29 is 9.59 Å². The molecule has 0 bridgehead atoms. The van der Waals surface area contributed by atoms with Crippen molar-refractivity contribution in [1.29, 1.82) is 0 Å². The first-order valence-electron chi connectivity index (χ1n) is 8.20. The van der Waals surface area contributed by atoms with Gasteiger partial charge in [-0.2, -0.15) is 0 Å². The minimum Gasteiger partial charge on any atom is -0.338 e. The summed E-state index contributed by atoms with van der Waals surface area (Å²) in [5.74, 6) is -0.233. The number of aromatic nitrogens is 1. The standard InChI is InChI=1S/C19H21N3O2/c1-14-4-2-6-17(12-14)21-18(23)16-5-3-11-22(13-16)19(24)15-7-9-20-10-8-15/h2,4,6-10,12,16H,3,5,11,13H2,1H3,(H,21,23). The number of carbonyl (C=O) groups is 2. The van der Waals surface area contributed by atoms with Crippen LogP contribution in [-0.2, 0) is 4.79 Å². The molecule has 5 nitrogen and oxygen atoms in total. The Bertz CT molecular complexity index is 730. The van der Waals surface area contributed by atoms with Crippen molar-refractivity contribution in [2.75, 3.05) is 18.4 Å². The van der Waals surface area contributed by atoms with Gasteiger partial charge < -0.3 is 10.2 Å². The number of nitrogens with one attached hydrogen (secondary N) is 1. The van der Waals surface area contributed by atoms with Gasteiger partial charge in [-0.15, -0.1) is 0 Å². The summed E-state index contributed by atoms with van der Waals surface area (Å²) in [4.78, 5) is 30.8. The van der Waals surface area contributed by atoms with Gasteiger partial charge in [0.15, 0.2) is 0 Å². The van der Waals surface area contributed by atoms with E-state index in [1.807, 2.05) is 31.2 Å². The molecule has 2 amide bonds. The first-order chi connectivity index (χ1) is 11.6. The number of nitrogens with zero attached hydrogens (tertiary/aromatic N) is 2. The van der Waals surface area contributed by atoms with E-state index < -0.39 is 0 Å². The van der Waals surface area contributed by atoms with Gasteiger partial charge in [-0.1, -0.05) is 12.1 Å². The maximum absolute atomic E-state index is 12.5. The molecule has 1 saturated heterocycles. The highest BCUT2D eigenvalue weighted by Crippen LogP contribution is 2.20. The molecule has 2 heterocycles. The average molecular weight is 323 g/mol. The summed E-state index contributed by atoms with van der Waals surface area (Å²) >= 11 is 0. The summed E-state index contributed by atoms with van der Waals surface area (Å²) in [7, 11) is 0. The highest BCUT2D eigenvalue weighted by Gasteiger charge is 2.28. The summed E-state index contributed by atoms with van der Waals surface area (Å²) in [6.07, 6.45) is 4.86. The number of hydrogen-bond donors (Lipinski definition) is 1. The second-order valence-electron chi connectivity index (χ2n) is 6.18. The van der Waals surface area contributed by atoms with E-state index in [0.717, 1.165) is 24.1 Å². The molecule has 124 valence electrons. The van der Waals surface area contributed by atoms with Crippen LogP contribution in [0.25, 0.3) is 0 Å². The second kappa shape index (κ2) is 7.25. The van der Waals surface area contributed by atoms with Gasteiger partial charge in [0.25, 0.3) is 5.91 Å². The number of piperidine rings is 1. The number of hydrogen-bond acceptors (Lipinski definition) is 3. The minimum absolute atomic E-state index is 0.0205.